The van der Waals surface area contributed by atoms with Gasteiger partial charge < -0.3 is 4.90 Å². The van der Waals surface area contributed by atoms with Gasteiger partial charge in [0.1, 0.15) is 5.69 Å². The molecule has 172 valence electrons. The number of likely N-dealkylation sites (tertiary alicyclic amines) is 1. The van der Waals surface area contributed by atoms with Crippen LogP contribution < -0.4 is 0 Å². The highest BCUT2D eigenvalue weighted by Gasteiger charge is 2.37. The number of halogens is 3. The Balaban J connectivity index is 1.63. The van der Waals surface area contributed by atoms with Gasteiger partial charge in [-0.15, -0.1) is 0 Å². The number of fused-ring (bicyclic) bond motifs is 1. The Labute approximate surface area is 184 Å². The first-order valence-electron chi connectivity index (χ1n) is 10.9. The zero-order valence-electron chi connectivity index (χ0n) is 18.6. The predicted octanol–water partition coefficient (Wildman–Crippen LogP) is 4.12. The van der Waals surface area contributed by atoms with Gasteiger partial charge in [-0.1, -0.05) is 13.8 Å². The summed E-state index contributed by atoms with van der Waals surface area (Å²) in [6.45, 7) is 8.48. The SMILES string of the molecule is CCc1cc(C(F)(F)F)n2nc([C@H]3CCCN3C(=O)[C@@H](C)Cn3nc(C)cc3C)cc2n1. The average Bonchev–Trinajstić information content (AvgIpc) is 3.43. The molecule has 1 amide bonds. The van der Waals surface area contributed by atoms with Gasteiger partial charge >= 0.3 is 6.18 Å². The minimum atomic E-state index is -4.55. The Morgan fingerprint density at radius 3 is 2.59 bits per heavy atom. The number of aromatic nitrogens is 5. The Kier molecular flexibility index (Phi) is 5.72. The van der Waals surface area contributed by atoms with Crippen LogP contribution >= 0.6 is 0 Å². The fourth-order valence-corrected chi connectivity index (χ4v) is 4.41. The van der Waals surface area contributed by atoms with E-state index in [-0.39, 0.29) is 23.5 Å². The normalized spacial score (nSPS) is 18.0. The minimum absolute atomic E-state index is 0.0460. The second-order valence-corrected chi connectivity index (χ2v) is 8.52. The Bertz CT molecular complexity index is 1150. The van der Waals surface area contributed by atoms with Crippen LogP contribution in [0.4, 0.5) is 13.2 Å². The van der Waals surface area contributed by atoms with Gasteiger partial charge in [-0.05, 0) is 45.2 Å². The summed E-state index contributed by atoms with van der Waals surface area (Å²) in [5.41, 5.74) is 1.99. The predicted molar refractivity (Wildman–Crippen MR) is 112 cm³/mol. The largest absolute Gasteiger partial charge is 0.433 e. The topological polar surface area (TPSA) is 68.3 Å². The van der Waals surface area contributed by atoms with E-state index in [0.29, 0.717) is 37.3 Å². The summed E-state index contributed by atoms with van der Waals surface area (Å²) in [6.07, 6.45) is -2.73. The van der Waals surface area contributed by atoms with E-state index in [1.807, 2.05) is 31.5 Å². The fourth-order valence-electron chi connectivity index (χ4n) is 4.41. The standard InChI is InChI=1S/C22H27F3N6O/c1-5-16-10-19(22(23,24)25)31-20(26-16)11-17(28-31)18-7-6-8-29(18)21(32)13(2)12-30-15(4)9-14(3)27-30/h9-11,13,18H,5-8,12H2,1-4H3/t13-,18+/m0/s1. The number of carbonyl (C=O) groups is 1. The first kappa shape index (κ1) is 22.3. The molecule has 0 bridgehead atoms. The van der Waals surface area contributed by atoms with Gasteiger partial charge in [-0.25, -0.2) is 9.50 Å². The molecule has 0 aromatic carbocycles. The molecule has 1 saturated heterocycles. The summed E-state index contributed by atoms with van der Waals surface area (Å²) in [5.74, 6) is -0.364. The number of hydrogen-bond donors (Lipinski definition) is 0. The van der Waals surface area contributed by atoms with E-state index in [9.17, 15) is 18.0 Å². The quantitative estimate of drug-likeness (QED) is 0.589. The lowest BCUT2D eigenvalue weighted by Gasteiger charge is -2.26. The molecule has 4 rings (SSSR count). The lowest BCUT2D eigenvalue weighted by atomic mass is 10.1. The van der Waals surface area contributed by atoms with Crippen LogP contribution in [0, 0.1) is 19.8 Å². The van der Waals surface area contributed by atoms with E-state index in [2.05, 4.69) is 15.2 Å². The smallest absolute Gasteiger partial charge is 0.334 e. The van der Waals surface area contributed by atoms with Crippen LogP contribution in [-0.2, 0) is 23.9 Å². The van der Waals surface area contributed by atoms with Gasteiger partial charge in [-0.3, -0.25) is 9.48 Å². The Morgan fingerprint density at radius 2 is 1.97 bits per heavy atom. The number of aryl methyl sites for hydroxylation is 3. The Morgan fingerprint density at radius 1 is 1.22 bits per heavy atom. The van der Waals surface area contributed by atoms with E-state index in [1.54, 1.807) is 17.9 Å². The second kappa shape index (κ2) is 8.22. The molecular formula is C22H27F3N6O. The third-order valence-corrected chi connectivity index (χ3v) is 6.00. The molecule has 10 heteroatoms. The van der Waals surface area contributed by atoms with Crippen molar-refractivity contribution in [3.8, 4) is 0 Å². The van der Waals surface area contributed by atoms with Crippen molar-refractivity contribution >= 4 is 11.6 Å². The lowest BCUT2D eigenvalue weighted by Crippen LogP contribution is -2.36. The summed E-state index contributed by atoms with van der Waals surface area (Å²) < 4.78 is 43.5. The third kappa shape index (κ3) is 4.10. The molecule has 0 N–H and O–H groups in total. The van der Waals surface area contributed by atoms with E-state index < -0.39 is 11.9 Å². The van der Waals surface area contributed by atoms with Gasteiger partial charge in [-0.2, -0.15) is 23.4 Å². The maximum Gasteiger partial charge on any atom is 0.433 e. The molecule has 32 heavy (non-hydrogen) atoms. The molecule has 0 saturated carbocycles. The molecule has 3 aromatic heterocycles. The van der Waals surface area contributed by atoms with Crippen LogP contribution in [0.3, 0.4) is 0 Å². The van der Waals surface area contributed by atoms with Crippen LogP contribution in [-0.4, -0.2) is 41.7 Å². The van der Waals surface area contributed by atoms with Crippen molar-refractivity contribution in [1.29, 1.82) is 0 Å². The molecule has 7 nitrogen and oxygen atoms in total. The van der Waals surface area contributed by atoms with E-state index in [1.165, 1.54) is 0 Å². The van der Waals surface area contributed by atoms with Crippen molar-refractivity contribution in [3.63, 3.8) is 0 Å². The van der Waals surface area contributed by atoms with E-state index in [0.717, 1.165) is 28.4 Å². The highest BCUT2D eigenvalue weighted by Crippen LogP contribution is 2.35. The number of nitrogens with zero attached hydrogens (tertiary/aromatic N) is 6. The molecule has 0 spiro atoms. The van der Waals surface area contributed by atoms with Crippen molar-refractivity contribution in [3.05, 3.63) is 46.7 Å². The molecular weight excluding hydrogens is 421 g/mol. The highest BCUT2D eigenvalue weighted by molar-refractivity contribution is 5.79. The van der Waals surface area contributed by atoms with Crippen molar-refractivity contribution in [1.82, 2.24) is 29.3 Å². The number of amides is 1. The first-order valence-corrected chi connectivity index (χ1v) is 10.9. The summed E-state index contributed by atoms with van der Waals surface area (Å²) in [6, 6.07) is 4.22. The molecule has 2 atom stereocenters. The molecule has 1 aliphatic rings. The fraction of sp³-hybridized carbons (Fsp3) is 0.545. The van der Waals surface area contributed by atoms with Gasteiger partial charge in [0.05, 0.1) is 29.9 Å². The number of rotatable bonds is 5. The van der Waals surface area contributed by atoms with E-state index in [4.69, 9.17) is 0 Å². The summed E-state index contributed by atoms with van der Waals surface area (Å²) in [5, 5.41) is 8.68. The maximum absolute atomic E-state index is 13.6. The van der Waals surface area contributed by atoms with Gasteiger partial charge in [0, 0.05) is 24.0 Å². The van der Waals surface area contributed by atoms with Crippen LogP contribution in [0.5, 0.6) is 0 Å². The van der Waals surface area contributed by atoms with Gasteiger partial charge in [0.2, 0.25) is 5.91 Å². The minimum Gasteiger partial charge on any atom is -0.334 e. The van der Waals surface area contributed by atoms with Crippen molar-refractivity contribution < 1.29 is 18.0 Å². The number of carbonyl (C=O) groups excluding carboxylic acids is 1. The zero-order valence-corrected chi connectivity index (χ0v) is 18.6. The summed E-state index contributed by atoms with van der Waals surface area (Å²) in [4.78, 5) is 19.3. The molecule has 0 aliphatic carbocycles. The lowest BCUT2D eigenvalue weighted by molar-refractivity contribution is -0.143. The third-order valence-electron chi connectivity index (χ3n) is 6.00. The van der Waals surface area contributed by atoms with Gasteiger partial charge in [0.25, 0.3) is 0 Å². The van der Waals surface area contributed by atoms with Gasteiger partial charge in [0.15, 0.2) is 5.65 Å². The van der Waals surface area contributed by atoms with Crippen molar-refractivity contribution in [2.24, 2.45) is 5.92 Å². The number of hydrogen-bond acceptors (Lipinski definition) is 4. The molecule has 3 aromatic rings. The van der Waals surface area contributed by atoms with Crippen LogP contribution in [0.15, 0.2) is 18.2 Å². The first-order chi connectivity index (χ1) is 15.1. The van der Waals surface area contributed by atoms with E-state index >= 15 is 0 Å². The summed E-state index contributed by atoms with van der Waals surface area (Å²) in [7, 11) is 0. The second-order valence-electron chi connectivity index (χ2n) is 8.52. The molecule has 0 radical (unpaired) electrons. The molecule has 1 aliphatic heterocycles. The Hall–Kier alpha value is -2.91. The van der Waals surface area contributed by atoms with Crippen LogP contribution in [0.1, 0.15) is 61.2 Å². The zero-order chi connectivity index (χ0) is 23.2. The average molecular weight is 448 g/mol. The van der Waals surface area contributed by atoms with Crippen LogP contribution in [0.25, 0.3) is 5.65 Å². The van der Waals surface area contributed by atoms with Crippen LogP contribution in [0.2, 0.25) is 0 Å². The molecule has 0 unspecified atom stereocenters. The highest BCUT2D eigenvalue weighted by atomic mass is 19.4. The maximum atomic E-state index is 13.6. The van der Waals surface area contributed by atoms with Crippen molar-refractivity contribution in [2.45, 2.75) is 65.7 Å². The monoisotopic (exact) mass is 448 g/mol. The molecule has 4 heterocycles. The number of alkyl halides is 3. The van der Waals surface area contributed by atoms with Crippen molar-refractivity contribution in [2.75, 3.05) is 6.54 Å². The summed E-state index contributed by atoms with van der Waals surface area (Å²) >= 11 is 0. The molecule has 1 fully saturated rings.